The maximum absolute atomic E-state index is 12.1. The number of sulfone groups is 1. The molecule has 19 heavy (non-hydrogen) atoms. The molecule has 0 atom stereocenters. The highest BCUT2D eigenvalue weighted by molar-refractivity contribution is 7.90. The first-order valence-corrected chi connectivity index (χ1v) is 6.94. The van der Waals surface area contributed by atoms with E-state index in [-0.39, 0.29) is 21.3 Å². The lowest BCUT2D eigenvalue weighted by atomic mass is 10.2. The van der Waals surface area contributed by atoms with Gasteiger partial charge in [-0.25, -0.2) is 13.2 Å². The summed E-state index contributed by atoms with van der Waals surface area (Å²) in [6, 6.07) is 3.44. The third-order valence-corrected chi connectivity index (χ3v) is 4.33. The highest BCUT2D eigenvalue weighted by Gasteiger charge is 2.22. The standard InChI is InChI=1S/C10H7ClN2O5S/c11-7-2-1-6(10(14)15)3-8(7)19(16,17)4-9-12-5-18-13-9/h1-3,5H,4H2,(H,14,15). The minimum absolute atomic E-state index is 0.0307. The van der Waals surface area contributed by atoms with E-state index in [1.165, 1.54) is 12.1 Å². The highest BCUT2D eigenvalue weighted by atomic mass is 35.5. The van der Waals surface area contributed by atoms with Crippen LogP contribution in [0.1, 0.15) is 16.2 Å². The second-order valence-corrected chi connectivity index (χ2v) is 5.92. The summed E-state index contributed by atoms with van der Waals surface area (Å²) < 4.78 is 28.6. The third kappa shape index (κ3) is 2.91. The molecule has 0 bridgehead atoms. The van der Waals surface area contributed by atoms with Crippen molar-refractivity contribution < 1.29 is 22.8 Å². The van der Waals surface area contributed by atoms with Crippen molar-refractivity contribution in [3.8, 4) is 0 Å². The zero-order chi connectivity index (χ0) is 14.0. The van der Waals surface area contributed by atoms with Gasteiger partial charge in [-0.3, -0.25) is 0 Å². The average Bonchev–Trinajstić information content (AvgIpc) is 2.81. The fourth-order valence-electron chi connectivity index (χ4n) is 1.38. The number of nitrogens with zero attached hydrogens (tertiary/aromatic N) is 2. The summed E-state index contributed by atoms with van der Waals surface area (Å²) in [5.41, 5.74) is -0.170. The molecule has 1 N–H and O–H groups in total. The molecule has 1 heterocycles. The van der Waals surface area contributed by atoms with Gasteiger partial charge in [-0.1, -0.05) is 16.8 Å². The van der Waals surface area contributed by atoms with Gasteiger partial charge in [-0.2, -0.15) is 4.98 Å². The van der Waals surface area contributed by atoms with Gasteiger partial charge in [0.2, 0.25) is 6.39 Å². The lowest BCUT2D eigenvalue weighted by Gasteiger charge is -2.05. The van der Waals surface area contributed by atoms with Crippen molar-refractivity contribution in [2.24, 2.45) is 0 Å². The highest BCUT2D eigenvalue weighted by Crippen LogP contribution is 2.25. The Kier molecular flexibility index (Phi) is 3.54. The summed E-state index contributed by atoms with van der Waals surface area (Å²) >= 11 is 5.79. The van der Waals surface area contributed by atoms with Gasteiger partial charge in [0.05, 0.1) is 15.5 Å². The maximum Gasteiger partial charge on any atom is 0.335 e. The van der Waals surface area contributed by atoms with Gasteiger partial charge < -0.3 is 9.63 Å². The molecule has 0 amide bonds. The van der Waals surface area contributed by atoms with Crippen molar-refractivity contribution in [3.63, 3.8) is 0 Å². The number of aromatic carboxylic acids is 1. The van der Waals surface area contributed by atoms with E-state index in [1.54, 1.807) is 0 Å². The molecule has 2 aromatic rings. The zero-order valence-electron chi connectivity index (χ0n) is 9.28. The number of halogens is 1. The molecule has 9 heteroatoms. The van der Waals surface area contributed by atoms with Crippen LogP contribution < -0.4 is 0 Å². The van der Waals surface area contributed by atoms with E-state index in [1.807, 2.05) is 0 Å². The van der Waals surface area contributed by atoms with Crippen LogP contribution in [0.5, 0.6) is 0 Å². The van der Waals surface area contributed by atoms with Gasteiger partial charge in [-0.15, -0.1) is 0 Å². The molecule has 0 fully saturated rings. The fourth-order valence-corrected chi connectivity index (χ4v) is 3.14. The summed E-state index contributed by atoms with van der Waals surface area (Å²) in [6.07, 6.45) is 1.00. The van der Waals surface area contributed by atoms with E-state index in [9.17, 15) is 13.2 Å². The van der Waals surface area contributed by atoms with E-state index in [0.29, 0.717) is 0 Å². The maximum atomic E-state index is 12.1. The van der Waals surface area contributed by atoms with E-state index in [2.05, 4.69) is 14.7 Å². The SMILES string of the molecule is O=C(O)c1ccc(Cl)c(S(=O)(=O)Cc2ncon2)c1. The molecular weight excluding hydrogens is 296 g/mol. The number of hydrogen-bond acceptors (Lipinski definition) is 6. The Balaban J connectivity index is 2.45. The Morgan fingerprint density at radius 3 is 2.74 bits per heavy atom. The number of carboxylic acids is 1. The van der Waals surface area contributed by atoms with Crippen LogP contribution in [0.25, 0.3) is 0 Å². The molecule has 0 saturated carbocycles. The summed E-state index contributed by atoms with van der Waals surface area (Å²) in [6.45, 7) is 0. The molecule has 0 aliphatic heterocycles. The minimum atomic E-state index is -3.85. The predicted molar refractivity (Wildman–Crippen MR) is 63.6 cm³/mol. The predicted octanol–water partition coefficient (Wildman–Crippen LogP) is 1.40. The molecule has 100 valence electrons. The Bertz CT molecular complexity index is 712. The molecule has 1 aromatic carbocycles. The number of carbonyl (C=O) groups is 1. The van der Waals surface area contributed by atoms with Crippen molar-refractivity contribution in [2.75, 3.05) is 0 Å². The van der Waals surface area contributed by atoms with Crippen LogP contribution in [0.4, 0.5) is 0 Å². The summed E-state index contributed by atoms with van der Waals surface area (Å²) in [5.74, 6) is -1.80. The number of rotatable bonds is 4. The molecular formula is C10H7ClN2O5S. The van der Waals surface area contributed by atoms with Crippen LogP contribution in [0.2, 0.25) is 5.02 Å². The van der Waals surface area contributed by atoms with Gasteiger partial charge in [-0.05, 0) is 18.2 Å². The Morgan fingerprint density at radius 2 is 2.16 bits per heavy atom. The molecule has 0 spiro atoms. The Labute approximate surface area is 112 Å². The summed E-state index contributed by atoms with van der Waals surface area (Å²) in [7, 11) is -3.85. The minimum Gasteiger partial charge on any atom is -0.478 e. The molecule has 7 nitrogen and oxygen atoms in total. The largest absolute Gasteiger partial charge is 0.478 e. The smallest absolute Gasteiger partial charge is 0.335 e. The third-order valence-electron chi connectivity index (χ3n) is 2.24. The monoisotopic (exact) mass is 302 g/mol. The van der Waals surface area contributed by atoms with Crippen molar-refractivity contribution >= 4 is 27.4 Å². The lowest BCUT2D eigenvalue weighted by Crippen LogP contribution is -2.08. The number of hydrogen-bond donors (Lipinski definition) is 1. The Hall–Kier alpha value is -1.93. The first-order chi connectivity index (χ1) is 8.90. The molecule has 1 aromatic heterocycles. The van der Waals surface area contributed by atoms with E-state index < -0.39 is 21.6 Å². The topological polar surface area (TPSA) is 110 Å². The quantitative estimate of drug-likeness (QED) is 0.908. The molecule has 2 rings (SSSR count). The van der Waals surface area contributed by atoms with E-state index in [0.717, 1.165) is 12.5 Å². The van der Waals surface area contributed by atoms with E-state index >= 15 is 0 Å². The first-order valence-electron chi connectivity index (χ1n) is 4.91. The van der Waals surface area contributed by atoms with Crippen molar-refractivity contribution in [1.29, 1.82) is 0 Å². The second-order valence-electron chi connectivity index (χ2n) is 3.56. The molecule has 0 saturated heterocycles. The van der Waals surface area contributed by atoms with Crippen LogP contribution in [-0.2, 0) is 15.6 Å². The van der Waals surface area contributed by atoms with Gasteiger partial charge >= 0.3 is 5.97 Å². The number of benzene rings is 1. The zero-order valence-corrected chi connectivity index (χ0v) is 10.8. The Morgan fingerprint density at radius 1 is 1.42 bits per heavy atom. The van der Waals surface area contributed by atoms with Crippen molar-refractivity contribution in [1.82, 2.24) is 10.1 Å². The fraction of sp³-hybridized carbons (Fsp3) is 0.100. The first kappa shape index (κ1) is 13.5. The van der Waals surface area contributed by atoms with Gasteiger partial charge in [0.15, 0.2) is 15.7 Å². The van der Waals surface area contributed by atoms with Gasteiger partial charge in [0.1, 0.15) is 5.75 Å². The van der Waals surface area contributed by atoms with E-state index in [4.69, 9.17) is 16.7 Å². The second kappa shape index (κ2) is 4.98. The molecule has 0 aliphatic rings. The van der Waals surface area contributed by atoms with Crippen molar-refractivity contribution in [2.45, 2.75) is 10.6 Å². The summed E-state index contributed by atoms with van der Waals surface area (Å²) in [4.78, 5) is 14.1. The van der Waals surface area contributed by atoms with Crippen LogP contribution in [0.3, 0.4) is 0 Å². The normalized spacial score (nSPS) is 11.4. The van der Waals surface area contributed by atoms with Crippen LogP contribution >= 0.6 is 11.6 Å². The lowest BCUT2D eigenvalue weighted by molar-refractivity contribution is 0.0696. The summed E-state index contributed by atoms with van der Waals surface area (Å²) in [5, 5.41) is 12.2. The van der Waals surface area contributed by atoms with Crippen LogP contribution in [-0.4, -0.2) is 29.6 Å². The van der Waals surface area contributed by atoms with Crippen LogP contribution in [0.15, 0.2) is 34.0 Å². The average molecular weight is 303 g/mol. The molecule has 0 radical (unpaired) electrons. The van der Waals surface area contributed by atoms with Gasteiger partial charge in [0, 0.05) is 0 Å². The van der Waals surface area contributed by atoms with Crippen LogP contribution in [0, 0.1) is 0 Å². The molecule has 0 unspecified atom stereocenters. The number of carboxylic acid groups (broad SMARTS) is 1. The van der Waals surface area contributed by atoms with Crippen molar-refractivity contribution in [3.05, 3.63) is 41.0 Å². The van der Waals surface area contributed by atoms with Gasteiger partial charge in [0.25, 0.3) is 0 Å². The molecule has 0 aliphatic carbocycles. The number of aromatic nitrogens is 2.